The Morgan fingerprint density at radius 1 is 1.04 bits per heavy atom. The molecule has 0 saturated heterocycles. The molecule has 3 rings (SSSR count). The number of rotatable bonds is 8. The Morgan fingerprint density at radius 3 is 2.63 bits per heavy atom. The van der Waals surface area contributed by atoms with Gasteiger partial charge in [-0.25, -0.2) is 4.98 Å². The molecule has 1 aromatic heterocycles. The topological polar surface area (TPSA) is 63.2 Å². The van der Waals surface area contributed by atoms with E-state index in [9.17, 15) is 4.79 Å². The van der Waals surface area contributed by atoms with Crippen LogP contribution in [0.4, 0.5) is 5.82 Å². The maximum absolute atomic E-state index is 12.5. The van der Waals surface area contributed by atoms with E-state index in [2.05, 4.69) is 27.8 Å². The van der Waals surface area contributed by atoms with Gasteiger partial charge in [-0.2, -0.15) is 0 Å². The summed E-state index contributed by atoms with van der Waals surface area (Å²) in [5, 5.41) is 6.19. The third-order valence-electron chi connectivity index (χ3n) is 4.22. The number of ether oxygens (including phenoxy) is 1. The molecule has 0 radical (unpaired) electrons. The molecule has 2 N–H and O–H groups in total. The lowest BCUT2D eigenvalue weighted by molar-refractivity contribution is 0.0950. The Morgan fingerprint density at radius 2 is 1.81 bits per heavy atom. The van der Waals surface area contributed by atoms with Gasteiger partial charge in [0.2, 0.25) is 0 Å². The molecule has 1 amide bonds. The molecule has 2 aromatic carbocycles. The van der Waals surface area contributed by atoms with Crippen LogP contribution in [0.5, 0.6) is 5.75 Å². The molecule has 138 valence electrons. The van der Waals surface area contributed by atoms with Crippen molar-refractivity contribution in [1.82, 2.24) is 10.3 Å². The Bertz CT molecular complexity index is 881. The van der Waals surface area contributed by atoms with Gasteiger partial charge in [0.1, 0.15) is 11.6 Å². The Hall–Kier alpha value is -3.34. The Labute approximate surface area is 159 Å². The third-order valence-corrected chi connectivity index (χ3v) is 4.22. The van der Waals surface area contributed by atoms with Gasteiger partial charge < -0.3 is 15.4 Å². The van der Waals surface area contributed by atoms with Crippen molar-refractivity contribution in [3.63, 3.8) is 0 Å². The van der Waals surface area contributed by atoms with Gasteiger partial charge in [0.05, 0.1) is 7.11 Å². The molecular formula is C22H23N3O2. The number of hydrogen-bond acceptors (Lipinski definition) is 4. The van der Waals surface area contributed by atoms with Gasteiger partial charge in [0, 0.05) is 30.4 Å². The Kier molecular flexibility index (Phi) is 6.41. The molecule has 0 atom stereocenters. The number of carbonyl (C=O) groups excluding carboxylic acids is 1. The predicted octanol–water partition coefficient (Wildman–Crippen LogP) is 3.67. The lowest BCUT2D eigenvalue weighted by Gasteiger charge is -2.10. The molecule has 1 heterocycles. The van der Waals surface area contributed by atoms with Crippen molar-refractivity contribution < 1.29 is 9.53 Å². The minimum Gasteiger partial charge on any atom is -0.496 e. The molecule has 0 saturated carbocycles. The summed E-state index contributed by atoms with van der Waals surface area (Å²) in [6.45, 7) is 1.16. The minimum atomic E-state index is -0.144. The van der Waals surface area contributed by atoms with Gasteiger partial charge in [0.25, 0.3) is 5.91 Å². The summed E-state index contributed by atoms with van der Waals surface area (Å²) < 4.78 is 5.31. The van der Waals surface area contributed by atoms with Crippen LogP contribution in [0, 0.1) is 0 Å². The Balaban J connectivity index is 1.55. The number of para-hydroxylation sites is 1. The fraction of sp³-hybridized carbons (Fsp3) is 0.182. The smallest absolute Gasteiger partial charge is 0.251 e. The fourth-order valence-electron chi connectivity index (χ4n) is 2.77. The van der Waals surface area contributed by atoms with Crippen LogP contribution < -0.4 is 15.4 Å². The molecule has 27 heavy (non-hydrogen) atoms. The summed E-state index contributed by atoms with van der Waals surface area (Å²) in [6, 6.07) is 21.4. The predicted molar refractivity (Wildman–Crippen MR) is 107 cm³/mol. The summed E-state index contributed by atoms with van der Waals surface area (Å²) in [4.78, 5) is 16.7. The molecule has 0 aliphatic heterocycles. The average molecular weight is 361 g/mol. The van der Waals surface area contributed by atoms with Crippen LogP contribution in [0.15, 0.2) is 72.9 Å². The van der Waals surface area contributed by atoms with Gasteiger partial charge in [-0.1, -0.05) is 48.5 Å². The van der Waals surface area contributed by atoms with Gasteiger partial charge >= 0.3 is 0 Å². The number of aromatic nitrogens is 1. The number of nitrogens with one attached hydrogen (secondary N) is 2. The van der Waals surface area contributed by atoms with E-state index in [1.165, 1.54) is 5.56 Å². The summed E-state index contributed by atoms with van der Waals surface area (Å²) >= 11 is 0. The van der Waals surface area contributed by atoms with Crippen LogP contribution in [0.25, 0.3) is 0 Å². The van der Waals surface area contributed by atoms with Crippen LogP contribution in [-0.2, 0) is 13.0 Å². The maximum atomic E-state index is 12.5. The number of amides is 1. The van der Waals surface area contributed by atoms with Crippen LogP contribution in [-0.4, -0.2) is 24.5 Å². The number of nitrogens with zero attached hydrogens (tertiary/aromatic N) is 1. The maximum Gasteiger partial charge on any atom is 0.251 e. The zero-order chi connectivity index (χ0) is 18.9. The highest BCUT2D eigenvalue weighted by Crippen LogP contribution is 2.17. The van der Waals surface area contributed by atoms with Crippen LogP contribution in [0.1, 0.15) is 21.5 Å². The van der Waals surface area contributed by atoms with Crippen molar-refractivity contribution in [2.45, 2.75) is 13.0 Å². The molecule has 0 bridgehead atoms. The first-order valence-electron chi connectivity index (χ1n) is 8.90. The van der Waals surface area contributed by atoms with Crippen molar-refractivity contribution in [2.24, 2.45) is 0 Å². The average Bonchev–Trinajstić information content (AvgIpc) is 2.73. The van der Waals surface area contributed by atoms with Crippen LogP contribution in [0.2, 0.25) is 0 Å². The second-order valence-electron chi connectivity index (χ2n) is 6.09. The molecule has 0 fully saturated rings. The largest absolute Gasteiger partial charge is 0.496 e. The lowest BCUT2D eigenvalue weighted by Crippen LogP contribution is -2.23. The van der Waals surface area contributed by atoms with Gasteiger partial charge in [-0.3, -0.25) is 4.79 Å². The number of carbonyl (C=O) groups is 1. The number of anilines is 1. The standard InChI is InChI=1S/C22H23N3O2/c1-27-20-10-6-5-9-19(20)16-25-22(26)18-12-14-24-21(15-18)23-13-11-17-7-3-2-4-8-17/h2-10,12,14-15H,11,13,16H2,1H3,(H,23,24)(H,25,26). The van der Waals surface area contributed by atoms with E-state index in [0.29, 0.717) is 17.9 Å². The quantitative estimate of drug-likeness (QED) is 0.642. The molecule has 5 heteroatoms. The summed E-state index contributed by atoms with van der Waals surface area (Å²) in [5.74, 6) is 1.31. The van der Waals surface area contributed by atoms with E-state index in [-0.39, 0.29) is 5.91 Å². The zero-order valence-corrected chi connectivity index (χ0v) is 15.3. The van der Waals surface area contributed by atoms with Crippen molar-refractivity contribution in [2.75, 3.05) is 19.0 Å². The second kappa shape index (κ2) is 9.38. The normalized spacial score (nSPS) is 10.3. The van der Waals surface area contributed by atoms with Crippen molar-refractivity contribution in [3.8, 4) is 5.75 Å². The summed E-state index contributed by atoms with van der Waals surface area (Å²) in [6.07, 6.45) is 2.54. The van der Waals surface area contributed by atoms with E-state index >= 15 is 0 Å². The first kappa shape index (κ1) is 18.5. The van der Waals surface area contributed by atoms with Crippen molar-refractivity contribution in [1.29, 1.82) is 0 Å². The summed E-state index contributed by atoms with van der Waals surface area (Å²) in [7, 11) is 1.62. The van der Waals surface area contributed by atoms with Gasteiger partial charge in [0.15, 0.2) is 0 Å². The van der Waals surface area contributed by atoms with Crippen LogP contribution in [0.3, 0.4) is 0 Å². The van der Waals surface area contributed by atoms with Gasteiger partial charge in [-0.15, -0.1) is 0 Å². The first-order valence-corrected chi connectivity index (χ1v) is 8.90. The molecule has 5 nitrogen and oxygen atoms in total. The molecule has 0 aliphatic carbocycles. The van der Waals surface area contributed by atoms with E-state index in [1.807, 2.05) is 42.5 Å². The minimum absolute atomic E-state index is 0.144. The van der Waals surface area contributed by atoms with Crippen molar-refractivity contribution in [3.05, 3.63) is 89.6 Å². The van der Waals surface area contributed by atoms with Crippen LogP contribution >= 0.6 is 0 Å². The lowest BCUT2D eigenvalue weighted by atomic mass is 10.1. The highest BCUT2D eigenvalue weighted by atomic mass is 16.5. The highest BCUT2D eigenvalue weighted by molar-refractivity contribution is 5.94. The van der Waals surface area contributed by atoms with E-state index in [1.54, 1.807) is 25.4 Å². The summed E-state index contributed by atoms with van der Waals surface area (Å²) in [5.41, 5.74) is 2.77. The number of methoxy groups -OCH3 is 1. The molecule has 0 unspecified atom stereocenters. The highest BCUT2D eigenvalue weighted by Gasteiger charge is 2.08. The molecule has 3 aromatic rings. The molecular weight excluding hydrogens is 338 g/mol. The van der Waals surface area contributed by atoms with E-state index < -0.39 is 0 Å². The molecule has 0 aliphatic rings. The zero-order valence-electron chi connectivity index (χ0n) is 15.3. The number of pyridine rings is 1. The SMILES string of the molecule is COc1ccccc1CNC(=O)c1ccnc(NCCc2ccccc2)c1. The molecule has 0 spiro atoms. The monoisotopic (exact) mass is 361 g/mol. The van der Waals surface area contributed by atoms with Gasteiger partial charge in [-0.05, 0) is 30.2 Å². The van der Waals surface area contributed by atoms with Crippen molar-refractivity contribution >= 4 is 11.7 Å². The third kappa shape index (κ3) is 5.31. The number of benzene rings is 2. The number of hydrogen-bond donors (Lipinski definition) is 2. The van der Waals surface area contributed by atoms with E-state index in [4.69, 9.17) is 4.74 Å². The fourth-order valence-corrected chi connectivity index (χ4v) is 2.77. The first-order chi connectivity index (χ1) is 13.3. The van der Waals surface area contributed by atoms with E-state index in [0.717, 1.165) is 24.3 Å². The second-order valence-corrected chi connectivity index (χ2v) is 6.09.